The molecule has 0 fully saturated rings. The highest BCUT2D eigenvalue weighted by Gasteiger charge is 2.29. The molecule has 1 aliphatic heterocycles. The van der Waals surface area contributed by atoms with Gasteiger partial charge < -0.3 is 14.4 Å². The molecule has 1 aliphatic rings. The first kappa shape index (κ1) is 21.7. The average Bonchev–Trinajstić information content (AvgIpc) is 3.09. The number of aryl methyl sites for hydroxylation is 1. The van der Waals surface area contributed by atoms with Gasteiger partial charge in [0.1, 0.15) is 0 Å². The van der Waals surface area contributed by atoms with Crippen molar-refractivity contribution in [2.24, 2.45) is 7.05 Å². The van der Waals surface area contributed by atoms with Gasteiger partial charge in [0.15, 0.2) is 11.6 Å². The maximum atomic E-state index is 13.9. The fourth-order valence-electron chi connectivity index (χ4n) is 4.02. The van der Waals surface area contributed by atoms with Crippen molar-refractivity contribution >= 4 is 5.91 Å². The lowest BCUT2D eigenvalue weighted by Gasteiger charge is -2.27. The Bertz CT molecular complexity index is 1180. The zero-order valence-corrected chi connectivity index (χ0v) is 17.7. The number of nitrogens with zero attached hydrogens (tertiary/aromatic N) is 4. The summed E-state index contributed by atoms with van der Waals surface area (Å²) in [5.41, 5.74) is 3.92. The Morgan fingerprint density at radius 3 is 2.75 bits per heavy atom. The molecule has 0 N–H and O–H groups in total. The molecule has 7 nitrogen and oxygen atoms in total. The molecule has 0 bridgehead atoms. The normalized spacial score (nSPS) is 13.3. The van der Waals surface area contributed by atoms with Crippen molar-refractivity contribution in [2.75, 3.05) is 13.7 Å². The Labute approximate surface area is 182 Å². The number of pyridine rings is 1. The van der Waals surface area contributed by atoms with E-state index in [0.717, 1.165) is 11.6 Å². The molecule has 2 aromatic heterocycles. The van der Waals surface area contributed by atoms with Crippen LogP contribution >= 0.6 is 0 Å². The third kappa shape index (κ3) is 3.88. The maximum Gasteiger partial charge on any atom is 0.387 e. The number of methoxy groups -OCH3 is 1. The fourth-order valence-corrected chi connectivity index (χ4v) is 4.02. The van der Waals surface area contributed by atoms with Crippen molar-refractivity contribution in [3.63, 3.8) is 0 Å². The van der Waals surface area contributed by atoms with E-state index in [1.807, 2.05) is 0 Å². The Kier molecular flexibility index (Phi) is 5.77. The standard InChI is InChI=1S/C22H21F3N4O3/c1-12-14(6-8-26-20(12)31-3)21(30)29-9-7-15-17(11-29)27-28(2)19(15)13-4-5-16(23)18(10-13)32-22(24)25/h4-6,8,10,22H,7,9,11H2,1-3H3. The second kappa shape index (κ2) is 8.52. The van der Waals surface area contributed by atoms with Gasteiger partial charge in [-0.05, 0) is 37.6 Å². The summed E-state index contributed by atoms with van der Waals surface area (Å²) >= 11 is 0. The number of carbonyl (C=O) groups excluding carboxylic acids is 1. The lowest BCUT2D eigenvalue weighted by molar-refractivity contribution is -0.0521. The van der Waals surface area contributed by atoms with Gasteiger partial charge in [-0.1, -0.05) is 0 Å². The molecular formula is C22H21F3N4O3. The number of rotatable bonds is 5. The van der Waals surface area contributed by atoms with Crippen molar-refractivity contribution in [1.82, 2.24) is 19.7 Å². The quantitative estimate of drug-likeness (QED) is 0.597. The average molecular weight is 446 g/mol. The topological polar surface area (TPSA) is 69.5 Å². The van der Waals surface area contributed by atoms with E-state index in [4.69, 9.17) is 4.74 Å². The summed E-state index contributed by atoms with van der Waals surface area (Å²) in [5.74, 6) is -1.16. The van der Waals surface area contributed by atoms with Crippen molar-refractivity contribution in [3.05, 3.63) is 58.7 Å². The Morgan fingerprint density at radius 1 is 1.25 bits per heavy atom. The minimum atomic E-state index is -3.13. The van der Waals surface area contributed by atoms with Gasteiger partial charge >= 0.3 is 6.61 Å². The number of benzene rings is 1. The van der Waals surface area contributed by atoms with Crippen LogP contribution in [-0.2, 0) is 20.0 Å². The Morgan fingerprint density at radius 2 is 2.03 bits per heavy atom. The van der Waals surface area contributed by atoms with Gasteiger partial charge in [0.2, 0.25) is 5.88 Å². The van der Waals surface area contributed by atoms with E-state index in [0.29, 0.717) is 46.9 Å². The molecule has 0 spiro atoms. The van der Waals surface area contributed by atoms with E-state index < -0.39 is 18.2 Å². The van der Waals surface area contributed by atoms with E-state index in [2.05, 4.69) is 14.8 Å². The molecule has 10 heteroatoms. The van der Waals surface area contributed by atoms with Crippen molar-refractivity contribution in [3.8, 4) is 22.9 Å². The van der Waals surface area contributed by atoms with Gasteiger partial charge in [-0.3, -0.25) is 9.48 Å². The molecule has 0 radical (unpaired) electrons. The van der Waals surface area contributed by atoms with Crippen LogP contribution in [0.3, 0.4) is 0 Å². The van der Waals surface area contributed by atoms with Crippen LogP contribution in [0.5, 0.6) is 11.6 Å². The van der Waals surface area contributed by atoms with Crippen molar-refractivity contribution in [1.29, 1.82) is 0 Å². The smallest absolute Gasteiger partial charge is 0.387 e. The van der Waals surface area contributed by atoms with Gasteiger partial charge in [0.25, 0.3) is 5.91 Å². The summed E-state index contributed by atoms with van der Waals surface area (Å²) in [6.07, 6.45) is 2.04. The van der Waals surface area contributed by atoms with Crippen LogP contribution in [0.2, 0.25) is 0 Å². The number of amides is 1. The largest absolute Gasteiger partial charge is 0.481 e. The van der Waals surface area contributed by atoms with Gasteiger partial charge in [-0.25, -0.2) is 9.37 Å². The predicted molar refractivity (Wildman–Crippen MR) is 109 cm³/mol. The van der Waals surface area contributed by atoms with Crippen molar-refractivity contribution < 1.29 is 27.4 Å². The molecule has 3 heterocycles. The first-order valence-electron chi connectivity index (χ1n) is 9.88. The van der Waals surface area contributed by atoms with Gasteiger partial charge in [-0.2, -0.15) is 13.9 Å². The third-order valence-electron chi connectivity index (χ3n) is 5.49. The third-order valence-corrected chi connectivity index (χ3v) is 5.49. The summed E-state index contributed by atoms with van der Waals surface area (Å²) in [6, 6.07) is 5.48. The van der Waals surface area contributed by atoms with Crippen LogP contribution in [0.1, 0.15) is 27.2 Å². The summed E-state index contributed by atoms with van der Waals surface area (Å²) in [4.78, 5) is 18.9. The molecule has 0 saturated carbocycles. The lowest BCUT2D eigenvalue weighted by atomic mass is 9.98. The number of hydrogen-bond donors (Lipinski definition) is 0. The number of halogens is 3. The Hall–Kier alpha value is -3.56. The lowest BCUT2D eigenvalue weighted by Crippen LogP contribution is -2.36. The van der Waals surface area contributed by atoms with E-state index in [1.54, 1.807) is 29.6 Å². The van der Waals surface area contributed by atoms with Gasteiger partial charge in [0.05, 0.1) is 25.0 Å². The summed E-state index contributed by atoms with van der Waals surface area (Å²) < 4.78 is 50.2. The molecule has 0 atom stereocenters. The molecule has 0 aliphatic carbocycles. The monoisotopic (exact) mass is 446 g/mol. The summed E-state index contributed by atoms with van der Waals surface area (Å²) in [5, 5.41) is 4.53. The van der Waals surface area contributed by atoms with Crippen LogP contribution in [0, 0.1) is 12.7 Å². The number of hydrogen-bond acceptors (Lipinski definition) is 5. The van der Waals surface area contributed by atoms with Crippen LogP contribution < -0.4 is 9.47 Å². The van der Waals surface area contributed by atoms with Crippen LogP contribution in [-0.4, -0.2) is 45.8 Å². The molecule has 0 unspecified atom stereocenters. The van der Waals surface area contributed by atoms with E-state index >= 15 is 0 Å². The molecule has 168 valence electrons. The molecule has 1 aromatic carbocycles. The second-order valence-electron chi connectivity index (χ2n) is 7.39. The molecule has 0 saturated heterocycles. The predicted octanol–water partition coefficient (Wildman–Crippen LogP) is 3.74. The maximum absolute atomic E-state index is 13.9. The highest BCUT2D eigenvalue weighted by Crippen LogP contribution is 2.34. The van der Waals surface area contributed by atoms with E-state index in [1.165, 1.54) is 25.4 Å². The molecule has 32 heavy (non-hydrogen) atoms. The first-order valence-corrected chi connectivity index (χ1v) is 9.88. The number of ether oxygens (including phenoxy) is 2. The Balaban J connectivity index is 1.64. The first-order chi connectivity index (χ1) is 15.3. The highest BCUT2D eigenvalue weighted by atomic mass is 19.3. The highest BCUT2D eigenvalue weighted by molar-refractivity contribution is 5.96. The minimum absolute atomic E-state index is 0.157. The second-order valence-corrected chi connectivity index (χ2v) is 7.39. The van der Waals surface area contributed by atoms with E-state index in [-0.39, 0.29) is 12.5 Å². The zero-order valence-electron chi connectivity index (χ0n) is 17.7. The molecular weight excluding hydrogens is 425 g/mol. The summed E-state index contributed by atoms with van der Waals surface area (Å²) in [7, 11) is 3.22. The van der Waals surface area contributed by atoms with Gasteiger partial charge in [-0.15, -0.1) is 0 Å². The van der Waals surface area contributed by atoms with E-state index in [9.17, 15) is 18.0 Å². The number of aromatic nitrogens is 3. The SMILES string of the molecule is COc1nccc(C(=O)N2CCc3c(nn(C)c3-c3ccc(F)c(OC(F)F)c3)C2)c1C. The van der Waals surface area contributed by atoms with Crippen LogP contribution in [0.4, 0.5) is 13.2 Å². The zero-order chi connectivity index (χ0) is 23.0. The van der Waals surface area contributed by atoms with Crippen LogP contribution in [0.25, 0.3) is 11.3 Å². The molecule has 1 amide bonds. The fraction of sp³-hybridized carbons (Fsp3) is 0.318. The number of alkyl halides is 2. The summed E-state index contributed by atoms with van der Waals surface area (Å²) in [6.45, 7) is -0.625. The number of carbonyl (C=O) groups is 1. The molecule has 3 aromatic rings. The van der Waals surface area contributed by atoms with Crippen molar-refractivity contribution in [2.45, 2.75) is 26.5 Å². The van der Waals surface area contributed by atoms with Gasteiger partial charge in [0, 0.05) is 42.0 Å². The number of fused-ring (bicyclic) bond motifs is 1. The minimum Gasteiger partial charge on any atom is -0.481 e. The van der Waals surface area contributed by atoms with Crippen LogP contribution in [0.15, 0.2) is 30.5 Å². The molecule has 4 rings (SSSR count).